The molecular formula is C6H11N3S. The van der Waals surface area contributed by atoms with Gasteiger partial charge >= 0.3 is 0 Å². The summed E-state index contributed by atoms with van der Waals surface area (Å²) in [4.78, 5) is 0. The molecule has 0 N–H and O–H groups in total. The van der Waals surface area contributed by atoms with Gasteiger partial charge in [0.15, 0.2) is 5.16 Å². The lowest BCUT2D eigenvalue weighted by molar-refractivity contribution is 0.766. The largest absolute Gasteiger partial charge is 0.309 e. The Kier molecular flexibility index (Phi) is 2.32. The maximum atomic E-state index is 3.98. The van der Waals surface area contributed by atoms with Crippen molar-refractivity contribution in [2.45, 2.75) is 19.0 Å². The van der Waals surface area contributed by atoms with Gasteiger partial charge in [0.2, 0.25) is 0 Å². The summed E-state index contributed by atoms with van der Waals surface area (Å²) >= 11 is 1.71. The van der Waals surface area contributed by atoms with Crippen molar-refractivity contribution in [3.63, 3.8) is 0 Å². The molecule has 0 bridgehead atoms. The van der Waals surface area contributed by atoms with Gasteiger partial charge in [-0.3, -0.25) is 0 Å². The van der Waals surface area contributed by atoms with Crippen molar-refractivity contribution in [2.24, 2.45) is 7.05 Å². The molecule has 0 saturated heterocycles. The van der Waals surface area contributed by atoms with Crippen LogP contribution in [0.2, 0.25) is 0 Å². The van der Waals surface area contributed by atoms with Gasteiger partial charge in [-0.2, -0.15) is 0 Å². The van der Waals surface area contributed by atoms with E-state index in [1.54, 1.807) is 11.8 Å². The Labute approximate surface area is 64.8 Å². The first kappa shape index (κ1) is 7.60. The predicted molar refractivity (Wildman–Crippen MR) is 42.1 cm³/mol. The molecule has 0 radical (unpaired) electrons. The fraction of sp³-hybridized carbons (Fsp3) is 0.667. The van der Waals surface area contributed by atoms with Gasteiger partial charge in [0.05, 0.1) is 0 Å². The van der Waals surface area contributed by atoms with Crippen molar-refractivity contribution in [3.05, 3.63) is 5.82 Å². The van der Waals surface area contributed by atoms with Gasteiger partial charge in [-0.15, -0.1) is 10.2 Å². The first-order valence-corrected chi connectivity index (χ1v) is 4.23. The van der Waals surface area contributed by atoms with Crippen LogP contribution in [-0.2, 0) is 7.05 Å². The highest BCUT2D eigenvalue weighted by Gasteiger charge is 2.02. The van der Waals surface area contributed by atoms with Crippen LogP contribution in [0, 0.1) is 6.92 Å². The topological polar surface area (TPSA) is 30.7 Å². The van der Waals surface area contributed by atoms with E-state index < -0.39 is 0 Å². The molecule has 1 heterocycles. The van der Waals surface area contributed by atoms with Crippen LogP contribution in [0.3, 0.4) is 0 Å². The summed E-state index contributed by atoms with van der Waals surface area (Å²) in [7, 11) is 1.98. The van der Waals surface area contributed by atoms with E-state index in [4.69, 9.17) is 0 Å². The number of aryl methyl sites for hydroxylation is 1. The molecule has 0 saturated carbocycles. The maximum absolute atomic E-state index is 3.98. The molecule has 0 aliphatic carbocycles. The van der Waals surface area contributed by atoms with Crippen LogP contribution in [0.4, 0.5) is 0 Å². The average Bonchev–Trinajstić information content (AvgIpc) is 2.20. The minimum atomic E-state index is 0.968. The first-order valence-electron chi connectivity index (χ1n) is 3.24. The zero-order chi connectivity index (χ0) is 7.56. The molecule has 4 heteroatoms. The van der Waals surface area contributed by atoms with Crippen LogP contribution in [0.25, 0.3) is 0 Å². The van der Waals surface area contributed by atoms with Gasteiger partial charge < -0.3 is 4.57 Å². The standard InChI is InChI=1S/C6H11N3S/c1-4-10-6-8-7-5(2)9(6)3/h4H2,1-3H3. The van der Waals surface area contributed by atoms with Gasteiger partial charge in [-0.25, -0.2) is 0 Å². The number of rotatable bonds is 2. The van der Waals surface area contributed by atoms with E-state index >= 15 is 0 Å². The summed E-state index contributed by atoms with van der Waals surface area (Å²) in [6, 6.07) is 0. The molecule has 0 aliphatic rings. The van der Waals surface area contributed by atoms with E-state index in [9.17, 15) is 0 Å². The molecule has 56 valence electrons. The van der Waals surface area contributed by atoms with Crippen molar-refractivity contribution in [1.29, 1.82) is 0 Å². The highest BCUT2D eigenvalue weighted by atomic mass is 32.2. The Morgan fingerprint density at radius 3 is 2.60 bits per heavy atom. The molecule has 1 aromatic heterocycles. The van der Waals surface area contributed by atoms with Crippen molar-refractivity contribution < 1.29 is 0 Å². The molecule has 1 rings (SSSR count). The monoisotopic (exact) mass is 157 g/mol. The van der Waals surface area contributed by atoms with Gasteiger partial charge in [0.1, 0.15) is 5.82 Å². The number of hydrogen-bond donors (Lipinski definition) is 0. The molecule has 10 heavy (non-hydrogen) atoms. The number of aromatic nitrogens is 3. The van der Waals surface area contributed by atoms with Gasteiger partial charge in [-0.1, -0.05) is 18.7 Å². The maximum Gasteiger partial charge on any atom is 0.190 e. The lowest BCUT2D eigenvalue weighted by atomic mass is 10.7. The van der Waals surface area contributed by atoms with Crippen LogP contribution in [0.5, 0.6) is 0 Å². The van der Waals surface area contributed by atoms with Crippen LogP contribution >= 0.6 is 11.8 Å². The Morgan fingerprint density at radius 2 is 2.20 bits per heavy atom. The molecule has 0 unspecified atom stereocenters. The smallest absolute Gasteiger partial charge is 0.190 e. The normalized spacial score (nSPS) is 10.3. The molecule has 0 aromatic carbocycles. The highest BCUT2D eigenvalue weighted by Crippen LogP contribution is 2.13. The molecule has 0 fully saturated rings. The summed E-state index contributed by atoms with van der Waals surface area (Å²) in [5.41, 5.74) is 0. The third kappa shape index (κ3) is 1.31. The molecule has 1 aromatic rings. The quantitative estimate of drug-likeness (QED) is 0.605. The summed E-state index contributed by atoms with van der Waals surface area (Å²) in [6.07, 6.45) is 0. The van der Waals surface area contributed by atoms with E-state index in [0.29, 0.717) is 0 Å². The molecule has 3 nitrogen and oxygen atoms in total. The van der Waals surface area contributed by atoms with E-state index in [1.807, 2.05) is 18.5 Å². The van der Waals surface area contributed by atoms with Crippen molar-refractivity contribution in [2.75, 3.05) is 5.75 Å². The third-order valence-corrected chi connectivity index (χ3v) is 2.23. The molecular weight excluding hydrogens is 146 g/mol. The zero-order valence-electron chi connectivity index (χ0n) is 6.46. The fourth-order valence-electron chi connectivity index (χ4n) is 0.643. The van der Waals surface area contributed by atoms with Crippen LogP contribution in [0.1, 0.15) is 12.7 Å². The van der Waals surface area contributed by atoms with Gasteiger partial charge in [-0.05, 0) is 12.7 Å². The van der Waals surface area contributed by atoms with Gasteiger partial charge in [0.25, 0.3) is 0 Å². The number of hydrogen-bond acceptors (Lipinski definition) is 3. The fourth-order valence-corrected chi connectivity index (χ4v) is 1.33. The summed E-state index contributed by atoms with van der Waals surface area (Å²) in [6.45, 7) is 4.06. The Bertz CT molecular complexity index is 219. The molecule has 0 aliphatic heterocycles. The summed E-state index contributed by atoms with van der Waals surface area (Å²) < 4.78 is 1.99. The lowest BCUT2D eigenvalue weighted by Crippen LogP contribution is -1.92. The third-order valence-electron chi connectivity index (χ3n) is 1.33. The number of thioether (sulfide) groups is 1. The minimum absolute atomic E-state index is 0.968. The highest BCUT2D eigenvalue weighted by molar-refractivity contribution is 7.99. The van der Waals surface area contributed by atoms with Crippen molar-refractivity contribution in [3.8, 4) is 0 Å². The van der Waals surface area contributed by atoms with Crippen LogP contribution in [0.15, 0.2) is 5.16 Å². The molecule has 0 amide bonds. The average molecular weight is 157 g/mol. The Hall–Kier alpha value is -0.510. The predicted octanol–water partition coefficient (Wildman–Crippen LogP) is 1.24. The second kappa shape index (κ2) is 3.05. The minimum Gasteiger partial charge on any atom is -0.309 e. The molecule has 0 atom stereocenters. The van der Waals surface area contributed by atoms with E-state index in [2.05, 4.69) is 17.1 Å². The first-order chi connectivity index (χ1) is 4.75. The Morgan fingerprint density at radius 1 is 1.50 bits per heavy atom. The van der Waals surface area contributed by atoms with Crippen LogP contribution in [-0.4, -0.2) is 20.5 Å². The number of nitrogens with zero attached hydrogens (tertiary/aromatic N) is 3. The SMILES string of the molecule is CCSc1nnc(C)n1C. The van der Waals surface area contributed by atoms with E-state index in [0.717, 1.165) is 16.7 Å². The van der Waals surface area contributed by atoms with Crippen molar-refractivity contribution >= 4 is 11.8 Å². The van der Waals surface area contributed by atoms with Crippen molar-refractivity contribution in [1.82, 2.24) is 14.8 Å². The van der Waals surface area contributed by atoms with E-state index in [1.165, 1.54) is 0 Å². The second-order valence-corrected chi connectivity index (χ2v) is 3.25. The summed E-state index contributed by atoms with van der Waals surface area (Å²) in [5.74, 6) is 2.02. The van der Waals surface area contributed by atoms with E-state index in [-0.39, 0.29) is 0 Å². The lowest BCUT2D eigenvalue weighted by Gasteiger charge is -1.96. The molecule has 0 spiro atoms. The zero-order valence-corrected chi connectivity index (χ0v) is 7.27. The van der Waals surface area contributed by atoms with Crippen LogP contribution < -0.4 is 0 Å². The Balaban J connectivity index is 2.83. The summed E-state index contributed by atoms with van der Waals surface area (Å²) in [5, 5.41) is 8.91. The second-order valence-electron chi connectivity index (χ2n) is 2.02. The van der Waals surface area contributed by atoms with Gasteiger partial charge in [0, 0.05) is 7.05 Å².